The average molecular weight is 191 g/mol. The van der Waals surface area contributed by atoms with Crippen molar-refractivity contribution >= 4 is 5.97 Å². The first-order valence-electron chi connectivity index (χ1n) is 4.33. The zero-order chi connectivity index (χ0) is 10.1. The van der Waals surface area contributed by atoms with Crippen LogP contribution in [-0.4, -0.2) is 43.5 Å². The van der Waals surface area contributed by atoms with Gasteiger partial charge in [0.15, 0.2) is 0 Å². The molecule has 5 nitrogen and oxygen atoms in total. The largest absolute Gasteiger partial charge is 0.462 e. The molecule has 1 atom stereocenters. The van der Waals surface area contributed by atoms with E-state index in [1.54, 1.807) is 0 Å². The standard InChI is InChI=1S/C8H17NO4/c1-2-3-12-4-5-13-8(11)7(9)6-10/h7,10H,2-6,9H2,1H3. The lowest BCUT2D eigenvalue weighted by Crippen LogP contribution is -2.36. The number of ether oxygens (including phenoxy) is 2. The molecule has 0 bridgehead atoms. The Hall–Kier alpha value is -0.650. The molecule has 0 aromatic heterocycles. The van der Waals surface area contributed by atoms with Gasteiger partial charge in [0.25, 0.3) is 0 Å². The van der Waals surface area contributed by atoms with Gasteiger partial charge in [-0.25, -0.2) is 0 Å². The van der Waals surface area contributed by atoms with E-state index in [4.69, 9.17) is 20.3 Å². The molecule has 0 fully saturated rings. The topological polar surface area (TPSA) is 81.8 Å². The molecule has 0 heterocycles. The van der Waals surface area contributed by atoms with E-state index in [1.807, 2.05) is 6.92 Å². The Labute approximate surface area is 77.8 Å². The van der Waals surface area contributed by atoms with E-state index in [0.717, 1.165) is 6.42 Å². The predicted molar refractivity (Wildman–Crippen MR) is 47.1 cm³/mol. The van der Waals surface area contributed by atoms with Crippen LogP contribution in [-0.2, 0) is 14.3 Å². The van der Waals surface area contributed by atoms with Crippen LogP contribution in [0.4, 0.5) is 0 Å². The molecular weight excluding hydrogens is 174 g/mol. The third kappa shape index (κ3) is 6.51. The zero-order valence-electron chi connectivity index (χ0n) is 7.86. The van der Waals surface area contributed by atoms with Gasteiger partial charge < -0.3 is 20.3 Å². The van der Waals surface area contributed by atoms with Crippen molar-refractivity contribution in [2.24, 2.45) is 5.73 Å². The van der Waals surface area contributed by atoms with Crippen molar-refractivity contribution in [2.75, 3.05) is 26.4 Å². The summed E-state index contributed by atoms with van der Waals surface area (Å²) in [6.07, 6.45) is 0.935. The maximum Gasteiger partial charge on any atom is 0.325 e. The normalized spacial score (nSPS) is 12.5. The summed E-state index contributed by atoms with van der Waals surface area (Å²) in [5.41, 5.74) is 5.19. The SMILES string of the molecule is CCCOCCOC(=O)C(N)CO. The van der Waals surface area contributed by atoms with Crippen LogP contribution in [0.1, 0.15) is 13.3 Å². The van der Waals surface area contributed by atoms with E-state index < -0.39 is 18.6 Å². The van der Waals surface area contributed by atoms with Crippen LogP contribution in [0, 0.1) is 0 Å². The monoisotopic (exact) mass is 191 g/mol. The van der Waals surface area contributed by atoms with Crippen LogP contribution in [0.3, 0.4) is 0 Å². The fourth-order valence-electron chi connectivity index (χ4n) is 0.629. The van der Waals surface area contributed by atoms with Crippen molar-refractivity contribution in [3.8, 4) is 0 Å². The van der Waals surface area contributed by atoms with Gasteiger partial charge in [0, 0.05) is 6.61 Å². The lowest BCUT2D eigenvalue weighted by molar-refractivity contribution is -0.147. The molecule has 0 spiro atoms. The molecule has 0 saturated carbocycles. The first-order chi connectivity index (χ1) is 6.22. The van der Waals surface area contributed by atoms with Crippen molar-refractivity contribution in [3.05, 3.63) is 0 Å². The van der Waals surface area contributed by atoms with Gasteiger partial charge in [-0.05, 0) is 6.42 Å². The van der Waals surface area contributed by atoms with E-state index in [2.05, 4.69) is 0 Å². The Morgan fingerprint density at radius 1 is 1.46 bits per heavy atom. The summed E-state index contributed by atoms with van der Waals surface area (Å²) < 4.78 is 9.76. The number of hydrogen-bond donors (Lipinski definition) is 2. The van der Waals surface area contributed by atoms with E-state index in [0.29, 0.717) is 13.2 Å². The fourth-order valence-corrected chi connectivity index (χ4v) is 0.629. The minimum atomic E-state index is -0.939. The van der Waals surface area contributed by atoms with Crippen molar-refractivity contribution in [1.29, 1.82) is 0 Å². The van der Waals surface area contributed by atoms with E-state index in [-0.39, 0.29) is 6.61 Å². The van der Waals surface area contributed by atoms with Gasteiger partial charge in [-0.2, -0.15) is 0 Å². The molecule has 13 heavy (non-hydrogen) atoms. The maximum atomic E-state index is 10.8. The van der Waals surface area contributed by atoms with Crippen LogP contribution >= 0.6 is 0 Å². The lowest BCUT2D eigenvalue weighted by Gasteiger charge is -2.08. The van der Waals surface area contributed by atoms with Crippen molar-refractivity contribution in [1.82, 2.24) is 0 Å². The summed E-state index contributed by atoms with van der Waals surface area (Å²) >= 11 is 0. The number of aliphatic hydroxyl groups is 1. The molecule has 0 aliphatic rings. The first-order valence-corrected chi connectivity index (χ1v) is 4.33. The quantitative estimate of drug-likeness (QED) is 0.410. The van der Waals surface area contributed by atoms with E-state index in [1.165, 1.54) is 0 Å². The minimum absolute atomic E-state index is 0.187. The second kappa shape index (κ2) is 7.97. The van der Waals surface area contributed by atoms with Gasteiger partial charge >= 0.3 is 5.97 Å². The van der Waals surface area contributed by atoms with Crippen LogP contribution < -0.4 is 5.73 Å². The number of carbonyl (C=O) groups excluding carboxylic acids is 1. The Morgan fingerprint density at radius 3 is 2.69 bits per heavy atom. The van der Waals surface area contributed by atoms with Gasteiger partial charge in [-0.3, -0.25) is 4.79 Å². The molecule has 0 saturated heterocycles. The summed E-state index contributed by atoms with van der Waals surface area (Å²) in [7, 11) is 0. The van der Waals surface area contributed by atoms with Gasteiger partial charge in [0.05, 0.1) is 13.2 Å². The first kappa shape index (κ1) is 12.3. The molecule has 0 radical (unpaired) electrons. The fraction of sp³-hybridized carbons (Fsp3) is 0.875. The second-order valence-corrected chi connectivity index (χ2v) is 2.57. The summed E-state index contributed by atoms with van der Waals surface area (Å²) in [5.74, 6) is -0.595. The average Bonchev–Trinajstić information content (AvgIpc) is 2.16. The van der Waals surface area contributed by atoms with Gasteiger partial charge in [0.1, 0.15) is 12.6 Å². The minimum Gasteiger partial charge on any atom is -0.462 e. The Kier molecular flexibility index (Phi) is 7.57. The third-order valence-corrected chi connectivity index (χ3v) is 1.32. The predicted octanol–water partition coefficient (Wildman–Crippen LogP) is -0.724. The number of rotatable bonds is 7. The van der Waals surface area contributed by atoms with Crippen LogP contribution in [0.2, 0.25) is 0 Å². The molecule has 0 rings (SSSR count). The highest BCUT2D eigenvalue weighted by Gasteiger charge is 2.12. The highest BCUT2D eigenvalue weighted by Crippen LogP contribution is 1.86. The molecule has 0 aliphatic heterocycles. The number of carbonyl (C=O) groups is 1. The maximum absolute atomic E-state index is 10.8. The molecule has 0 amide bonds. The van der Waals surface area contributed by atoms with Crippen molar-refractivity contribution < 1.29 is 19.4 Å². The number of nitrogens with two attached hydrogens (primary N) is 1. The molecule has 0 aromatic carbocycles. The Balaban J connectivity index is 3.27. The molecule has 0 aromatic rings. The molecule has 0 aliphatic carbocycles. The van der Waals surface area contributed by atoms with Gasteiger partial charge in [-0.1, -0.05) is 6.92 Å². The highest BCUT2D eigenvalue weighted by molar-refractivity contribution is 5.75. The number of hydrogen-bond acceptors (Lipinski definition) is 5. The van der Waals surface area contributed by atoms with Crippen LogP contribution in [0.5, 0.6) is 0 Å². The molecular formula is C8H17NO4. The zero-order valence-corrected chi connectivity index (χ0v) is 7.86. The molecule has 78 valence electrons. The van der Waals surface area contributed by atoms with Crippen molar-refractivity contribution in [3.63, 3.8) is 0 Å². The van der Waals surface area contributed by atoms with Crippen LogP contribution in [0.25, 0.3) is 0 Å². The summed E-state index contributed by atoms with van der Waals surface area (Å²) in [4.78, 5) is 10.8. The molecule has 1 unspecified atom stereocenters. The second-order valence-electron chi connectivity index (χ2n) is 2.57. The number of aliphatic hydroxyl groups excluding tert-OH is 1. The third-order valence-electron chi connectivity index (χ3n) is 1.32. The van der Waals surface area contributed by atoms with Crippen LogP contribution in [0.15, 0.2) is 0 Å². The molecule has 3 N–H and O–H groups in total. The summed E-state index contributed by atoms with van der Waals surface area (Å²) in [6.45, 7) is 2.82. The molecule has 5 heteroatoms. The lowest BCUT2D eigenvalue weighted by atomic mass is 10.3. The highest BCUT2D eigenvalue weighted by atomic mass is 16.6. The summed E-state index contributed by atoms with van der Waals surface area (Å²) in [6, 6.07) is -0.939. The van der Waals surface area contributed by atoms with Crippen molar-refractivity contribution in [2.45, 2.75) is 19.4 Å². The van der Waals surface area contributed by atoms with Gasteiger partial charge in [0.2, 0.25) is 0 Å². The van der Waals surface area contributed by atoms with E-state index in [9.17, 15) is 4.79 Å². The van der Waals surface area contributed by atoms with Gasteiger partial charge in [-0.15, -0.1) is 0 Å². The Bertz CT molecular complexity index is 140. The Morgan fingerprint density at radius 2 is 2.15 bits per heavy atom. The van der Waals surface area contributed by atoms with E-state index >= 15 is 0 Å². The summed E-state index contributed by atoms with van der Waals surface area (Å²) in [5, 5.41) is 8.49. The number of esters is 1. The smallest absolute Gasteiger partial charge is 0.325 e.